The van der Waals surface area contributed by atoms with Crippen LogP contribution < -0.4 is 0 Å². The smallest absolute Gasteiger partial charge is 0.0277 e. The Labute approximate surface area is 98.1 Å². The second-order valence-electron chi connectivity index (χ2n) is 5.22. The Bertz CT molecular complexity index is 503. The lowest BCUT2D eigenvalue weighted by atomic mass is 10.0. The molecular formula is C15H21N. The first kappa shape index (κ1) is 11.3. The summed E-state index contributed by atoms with van der Waals surface area (Å²) in [5, 5.41) is 2.76. The van der Waals surface area contributed by atoms with Gasteiger partial charge in [0.15, 0.2) is 0 Å². The van der Waals surface area contributed by atoms with E-state index in [-0.39, 0.29) is 0 Å². The van der Waals surface area contributed by atoms with Gasteiger partial charge in [-0.05, 0) is 43.7 Å². The molecule has 0 aliphatic carbocycles. The van der Waals surface area contributed by atoms with Gasteiger partial charge in [0.2, 0.25) is 0 Å². The lowest BCUT2D eigenvalue weighted by molar-refractivity contribution is 0.591. The van der Waals surface area contributed by atoms with Gasteiger partial charge in [0, 0.05) is 23.3 Å². The lowest BCUT2D eigenvalue weighted by Gasteiger charge is -2.09. The fraction of sp³-hybridized carbons (Fsp3) is 0.467. The van der Waals surface area contributed by atoms with E-state index in [0.717, 1.165) is 0 Å². The molecule has 0 spiro atoms. The highest BCUT2D eigenvalue weighted by Gasteiger charge is 2.09. The van der Waals surface area contributed by atoms with Gasteiger partial charge in [0.05, 0.1) is 0 Å². The standard InChI is InChI=1S/C15H21N/c1-10(2)13-6-7-15-12(5)16(11(3)4)9-14(15)8-13/h6-11H,1-5H3. The van der Waals surface area contributed by atoms with Gasteiger partial charge in [-0.15, -0.1) is 0 Å². The zero-order valence-corrected chi connectivity index (χ0v) is 10.9. The first-order valence-corrected chi connectivity index (χ1v) is 6.11. The average Bonchev–Trinajstić information content (AvgIpc) is 2.55. The van der Waals surface area contributed by atoms with E-state index in [2.05, 4.69) is 63.6 Å². The summed E-state index contributed by atoms with van der Waals surface area (Å²) in [6.07, 6.45) is 2.28. The monoisotopic (exact) mass is 215 g/mol. The minimum Gasteiger partial charge on any atom is -0.348 e. The number of aromatic nitrogens is 1. The molecule has 0 saturated heterocycles. The first-order chi connectivity index (χ1) is 7.50. The molecule has 0 amide bonds. The van der Waals surface area contributed by atoms with Crippen LogP contribution in [0, 0.1) is 6.92 Å². The van der Waals surface area contributed by atoms with Crippen molar-refractivity contribution >= 4 is 10.8 Å². The van der Waals surface area contributed by atoms with Crippen LogP contribution in [0.5, 0.6) is 0 Å². The molecule has 0 N–H and O–H groups in total. The van der Waals surface area contributed by atoms with Crippen LogP contribution >= 0.6 is 0 Å². The van der Waals surface area contributed by atoms with E-state index >= 15 is 0 Å². The summed E-state index contributed by atoms with van der Waals surface area (Å²) in [7, 11) is 0. The van der Waals surface area contributed by atoms with Gasteiger partial charge in [0.25, 0.3) is 0 Å². The topological polar surface area (TPSA) is 4.93 Å². The van der Waals surface area contributed by atoms with Crippen molar-refractivity contribution in [3.05, 3.63) is 35.7 Å². The number of hydrogen-bond donors (Lipinski definition) is 0. The van der Waals surface area contributed by atoms with Crippen molar-refractivity contribution in [3.63, 3.8) is 0 Å². The molecule has 1 heteroatoms. The predicted molar refractivity (Wildman–Crippen MR) is 71.1 cm³/mol. The van der Waals surface area contributed by atoms with E-state index in [1.807, 2.05) is 0 Å². The molecule has 1 aromatic carbocycles. The van der Waals surface area contributed by atoms with Crippen LogP contribution in [0.4, 0.5) is 0 Å². The van der Waals surface area contributed by atoms with Crippen molar-refractivity contribution < 1.29 is 0 Å². The normalized spacial score (nSPS) is 11.9. The Kier molecular flexibility index (Phi) is 2.79. The van der Waals surface area contributed by atoms with E-state index in [0.29, 0.717) is 12.0 Å². The van der Waals surface area contributed by atoms with E-state index < -0.39 is 0 Å². The Balaban J connectivity index is 2.63. The molecule has 0 unspecified atom stereocenters. The molecular weight excluding hydrogens is 194 g/mol. The largest absolute Gasteiger partial charge is 0.348 e. The van der Waals surface area contributed by atoms with Crippen molar-refractivity contribution in [2.45, 2.75) is 46.6 Å². The van der Waals surface area contributed by atoms with Crippen LogP contribution in [0.15, 0.2) is 24.4 Å². The van der Waals surface area contributed by atoms with Gasteiger partial charge in [-0.2, -0.15) is 0 Å². The maximum absolute atomic E-state index is 2.36. The Morgan fingerprint density at radius 3 is 2.31 bits per heavy atom. The third-order valence-electron chi connectivity index (χ3n) is 3.35. The molecule has 0 saturated carbocycles. The van der Waals surface area contributed by atoms with Gasteiger partial charge < -0.3 is 4.57 Å². The molecule has 86 valence electrons. The fourth-order valence-electron chi connectivity index (χ4n) is 2.30. The zero-order chi connectivity index (χ0) is 11.9. The minimum atomic E-state index is 0.537. The molecule has 0 radical (unpaired) electrons. The van der Waals surface area contributed by atoms with Gasteiger partial charge >= 0.3 is 0 Å². The Morgan fingerprint density at radius 1 is 1.06 bits per heavy atom. The van der Waals surface area contributed by atoms with Crippen molar-refractivity contribution in [1.29, 1.82) is 0 Å². The predicted octanol–water partition coefficient (Wildman–Crippen LogP) is 4.65. The van der Waals surface area contributed by atoms with Gasteiger partial charge in [-0.1, -0.05) is 26.0 Å². The average molecular weight is 215 g/mol. The Hall–Kier alpha value is -1.24. The zero-order valence-electron chi connectivity index (χ0n) is 10.9. The second-order valence-corrected chi connectivity index (χ2v) is 5.22. The van der Waals surface area contributed by atoms with Crippen molar-refractivity contribution in [2.24, 2.45) is 0 Å². The number of fused-ring (bicyclic) bond motifs is 1. The quantitative estimate of drug-likeness (QED) is 0.687. The number of nitrogens with zero attached hydrogens (tertiary/aromatic N) is 1. The highest BCUT2D eigenvalue weighted by Crippen LogP contribution is 2.27. The number of rotatable bonds is 2. The van der Waals surface area contributed by atoms with Crippen LogP contribution in [-0.2, 0) is 0 Å². The summed E-state index contributed by atoms with van der Waals surface area (Å²) in [6.45, 7) is 11.2. The summed E-state index contributed by atoms with van der Waals surface area (Å²) in [4.78, 5) is 0. The third kappa shape index (κ3) is 1.75. The summed E-state index contributed by atoms with van der Waals surface area (Å²) >= 11 is 0. The van der Waals surface area contributed by atoms with E-state index in [1.54, 1.807) is 0 Å². The van der Waals surface area contributed by atoms with Crippen LogP contribution in [0.25, 0.3) is 10.8 Å². The van der Waals surface area contributed by atoms with Gasteiger partial charge in [-0.25, -0.2) is 0 Å². The first-order valence-electron chi connectivity index (χ1n) is 6.11. The molecule has 0 fully saturated rings. The van der Waals surface area contributed by atoms with E-state index in [1.165, 1.54) is 22.0 Å². The van der Waals surface area contributed by atoms with Crippen molar-refractivity contribution in [2.75, 3.05) is 0 Å². The van der Waals surface area contributed by atoms with E-state index in [4.69, 9.17) is 0 Å². The van der Waals surface area contributed by atoms with Crippen LogP contribution in [0.3, 0.4) is 0 Å². The van der Waals surface area contributed by atoms with Crippen molar-refractivity contribution in [3.8, 4) is 0 Å². The molecule has 0 atom stereocenters. The molecule has 16 heavy (non-hydrogen) atoms. The summed E-state index contributed by atoms with van der Waals surface area (Å²) in [6, 6.07) is 7.38. The molecule has 2 aromatic rings. The number of benzene rings is 1. The summed E-state index contributed by atoms with van der Waals surface area (Å²) in [5.74, 6) is 0.604. The maximum Gasteiger partial charge on any atom is 0.0277 e. The van der Waals surface area contributed by atoms with Crippen molar-refractivity contribution in [1.82, 2.24) is 4.57 Å². The number of hydrogen-bond acceptors (Lipinski definition) is 0. The molecule has 2 rings (SSSR count). The maximum atomic E-state index is 2.36. The highest BCUT2D eigenvalue weighted by molar-refractivity contribution is 5.86. The molecule has 0 bridgehead atoms. The molecule has 1 nitrogen and oxygen atoms in total. The Morgan fingerprint density at radius 2 is 1.75 bits per heavy atom. The minimum absolute atomic E-state index is 0.537. The number of aryl methyl sites for hydroxylation is 1. The SMILES string of the molecule is Cc1c2ccc(C(C)C)cc2cn1C(C)C. The summed E-state index contributed by atoms with van der Waals surface area (Å²) in [5.41, 5.74) is 2.80. The fourth-order valence-corrected chi connectivity index (χ4v) is 2.30. The van der Waals surface area contributed by atoms with Crippen LogP contribution in [0.1, 0.15) is 50.9 Å². The highest BCUT2D eigenvalue weighted by atomic mass is 15.0. The molecule has 1 heterocycles. The molecule has 0 aliphatic rings. The van der Waals surface area contributed by atoms with Crippen LogP contribution in [-0.4, -0.2) is 4.57 Å². The van der Waals surface area contributed by atoms with Crippen LogP contribution in [0.2, 0.25) is 0 Å². The third-order valence-corrected chi connectivity index (χ3v) is 3.35. The lowest BCUT2D eigenvalue weighted by Crippen LogP contribution is -2.00. The van der Waals surface area contributed by atoms with Gasteiger partial charge in [0.1, 0.15) is 0 Å². The second kappa shape index (κ2) is 3.97. The molecule has 1 aromatic heterocycles. The van der Waals surface area contributed by atoms with E-state index in [9.17, 15) is 0 Å². The molecule has 0 aliphatic heterocycles. The summed E-state index contributed by atoms with van der Waals surface area (Å²) < 4.78 is 2.36. The van der Waals surface area contributed by atoms with Gasteiger partial charge in [-0.3, -0.25) is 0 Å².